The molecule has 2 atom stereocenters. The maximum absolute atomic E-state index is 12.2. The van der Waals surface area contributed by atoms with Gasteiger partial charge in [0.2, 0.25) is 0 Å². The zero-order valence-electron chi connectivity index (χ0n) is 15.9. The summed E-state index contributed by atoms with van der Waals surface area (Å²) in [5.41, 5.74) is 0.381. The molecule has 0 saturated carbocycles. The van der Waals surface area contributed by atoms with Gasteiger partial charge in [0.25, 0.3) is 0 Å². The largest absolute Gasteiger partial charge is 0.445 e. The number of carbonyl (C=O) groups excluding carboxylic acids is 2. The first kappa shape index (κ1) is 20.0. The minimum atomic E-state index is -0.544. The number of hydrogen-bond acceptors (Lipinski definition) is 5. The van der Waals surface area contributed by atoms with Crippen LogP contribution in [0.25, 0.3) is 0 Å². The SMILES string of the molecule is CO[C@@H]1CN(C(=O)OC(C)(C)C)C[C@@H]1CNC(=O)OCc1ccccc1. The number of benzene rings is 1. The van der Waals surface area contributed by atoms with Gasteiger partial charge < -0.3 is 24.4 Å². The number of nitrogens with one attached hydrogen (secondary N) is 1. The monoisotopic (exact) mass is 364 g/mol. The fourth-order valence-electron chi connectivity index (χ4n) is 2.77. The van der Waals surface area contributed by atoms with Crippen molar-refractivity contribution < 1.29 is 23.8 Å². The summed E-state index contributed by atoms with van der Waals surface area (Å²) in [5, 5.41) is 2.75. The standard InChI is InChI=1S/C19H28N2O5/c1-19(2,3)26-18(23)21-11-15(16(12-21)24-4)10-20-17(22)25-13-14-8-6-5-7-9-14/h5-9,15-16H,10-13H2,1-4H3,(H,20,22)/t15-,16+/m0/s1. The van der Waals surface area contributed by atoms with Gasteiger partial charge >= 0.3 is 12.2 Å². The van der Waals surface area contributed by atoms with Crippen molar-refractivity contribution in [1.29, 1.82) is 0 Å². The van der Waals surface area contributed by atoms with Gasteiger partial charge in [0, 0.05) is 26.1 Å². The molecule has 0 spiro atoms. The highest BCUT2D eigenvalue weighted by molar-refractivity contribution is 5.69. The molecule has 0 unspecified atom stereocenters. The first-order valence-corrected chi connectivity index (χ1v) is 8.74. The predicted molar refractivity (Wildman–Crippen MR) is 96.7 cm³/mol. The molecule has 0 aromatic heterocycles. The fraction of sp³-hybridized carbons (Fsp3) is 0.579. The summed E-state index contributed by atoms with van der Waals surface area (Å²) in [7, 11) is 1.60. The minimum absolute atomic E-state index is 0.0169. The van der Waals surface area contributed by atoms with Crippen LogP contribution in [-0.2, 0) is 20.8 Å². The molecular weight excluding hydrogens is 336 g/mol. The van der Waals surface area contributed by atoms with Crippen molar-refractivity contribution in [3.05, 3.63) is 35.9 Å². The number of nitrogens with zero attached hydrogens (tertiary/aromatic N) is 1. The van der Waals surface area contributed by atoms with Gasteiger partial charge in [-0.1, -0.05) is 30.3 Å². The number of methoxy groups -OCH3 is 1. The van der Waals surface area contributed by atoms with Crippen LogP contribution in [0.4, 0.5) is 9.59 Å². The van der Waals surface area contributed by atoms with Gasteiger partial charge in [-0.15, -0.1) is 0 Å². The maximum Gasteiger partial charge on any atom is 0.410 e. The molecular formula is C19H28N2O5. The van der Waals surface area contributed by atoms with Crippen molar-refractivity contribution in [2.75, 3.05) is 26.7 Å². The lowest BCUT2D eigenvalue weighted by Crippen LogP contribution is -2.36. The zero-order valence-corrected chi connectivity index (χ0v) is 15.9. The van der Waals surface area contributed by atoms with Gasteiger partial charge in [-0.25, -0.2) is 9.59 Å². The lowest BCUT2D eigenvalue weighted by molar-refractivity contribution is 0.0251. The highest BCUT2D eigenvalue weighted by Gasteiger charge is 2.37. The van der Waals surface area contributed by atoms with Crippen LogP contribution in [0.15, 0.2) is 30.3 Å². The lowest BCUT2D eigenvalue weighted by atomic mass is 10.1. The number of alkyl carbamates (subject to hydrolysis) is 1. The quantitative estimate of drug-likeness (QED) is 0.869. The Balaban J connectivity index is 1.78. The van der Waals surface area contributed by atoms with E-state index >= 15 is 0 Å². The Hall–Kier alpha value is -2.28. The Morgan fingerprint density at radius 3 is 2.50 bits per heavy atom. The Morgan fingerprint density at radius 1 is 1.19 bits per heavy atom. The van der Waals surface area contributed by atoms with Crippen LogP contribution >= 0.6 is 0 Å². The Bertz CT molecular complexity index is 600. The number of ether oxygens (including phenoxy) is 3. The molecule has 7 heteroatoms. The van der Waals surface area contributed by atoms with Crippen molar-refractivity contribution in [2.24, 2.45) is 5.92 Å². The molecule has 2 rings (SSSR count). The van der Waals surface area contributed by atoms with Crippen molar-refractivity contribution in [3.8, 4) is 0 Å². The van der Waals surface area contributed by atoms with Gasteiger partial charge in [0.1, 0.15) is 12.2 Å². The van der Waals surface area contributed by atoms with Crippen molar-refractivity contribution in [3.63, 3.8) is 0 Å². The average Bonchev–Trinajstić information content (AvgIpc) is 3.01. The second kappa shape index (κ2) is 8.89. The molecule has 26 heavy (non-hydrogen) atoms. The van der Waals surface area contributed by atoms with Gasteiger partial charge in [-0.3, -0.25) is 0 Å². The first-order valence-electron chi connectivity index (χ1n) is 8.74. The molecule has 7 nitrogen and oxygen atoms in total. The Labute approximate surface area is 154 Å². The molecule has 0 radical (unpaired) electrons. The smallest absolute Gasteiger partial charge is 0.410 e. The Morgan fingerprint density at radius 2 is 1.88 bits per heavy atom. The third-order valence-electron chi connectivity index (χ3n) is 4.06. The first-order chi connectivity index (χ1) is 12.3. The van der Waals surface area contributed by atoms with E-state index in [2.05, 4.69) is 5.32 Å². The van der Waals surface area contributed by atoms with Crippen molar-refractivity contribution >= 4 is 12.2 Å². The van der Waals surface area contributed by atoms with Crippen LogP contribution < -0.4 is 5.32 Å². The number of likely N-dealkylation sites (tertiary alicyclic amines) is 1. The van der Waals surface area contributed by atoms with Crippen LogP contribution in [0.5, 0.6) is 0 Å². The molecule has 1 fully saturated rings. The molecule has 1 aliphatic rings. The van der Waals surface area contributed by atoms with E-state index in [1.54, 1.807) is 12.0 Å². The van der Waals surface area contributed by atoms with E-state index < -0.39 is 11.7 Å². The summed E-state index contributed by atoms with van der Waals surface area (Å²) in [6, 6.07) is 9.48. The normalized spacial score (nSPS) is 19.9. The molecule has 1 saturated heterocycles. The Kier molecular flexibility index (Phi) is 6.85. The summed E-state index contributed by atoms with van der Waals surface area (Å²) < 4.78 is 16.1. The van der Waals surface area contributed by atoms with Crippen molar-refractivity contribution in [1.82, 2.24) is 10.2 Å². The van der Waals surface area contributed by atoms with Crippen LogP contribution in [0.3, 0.4) is 0 Å². The lowest BCUT2D eigenvalue weighted by Gasteiger charge is -2.24. The van der Waals surface area contributed by atoms with E-state index in [0.717, 1.165) is 5.56 Å². The highest BCUT2D eigenvalue weighted by Crippen LogP contribution is 2.21. The molecule has 2 amide bonds. The predicted octanol–water partition coefficient (Wildman–Crippen LogP) is 2.79. The number of hydrogen-bond donors (Lipinski definition) is 1. The molecule has 0 bridgehead atoms. The van der Waals surface area contributed by atoms with E-state index in [4.69, 9.17) is 14.2 Å². The molecule has 1 N–H and O–H groups in total. The van der Waals surface area contributed by atoms with Crippen LogP contribution in [0, 0.1) is 5.92 Å². The van der Waals surface area contributed by atoms with Crippen LogP contribution in [0.1, 0.15) is 26.3 Å². The molecule has 1 heterocycles. The van der Waals surface area contributed by atoms with E-state index in [-0.39, 0.29) is 24.7 Å². The number of amides is 2. The van der Waals surface area contributed by atoms with E-state index in [9.17, 15) is 9.59 Å². The number of carbonyl (C=O) groups is 2. The van der Waals surface area contributed by atoms with E-state index in [1.807, 2.05) is 51.1 Å². The van der Waals surface area contributed by atoms with Crippen molar-refractivity contribution in [2.45, 2.75) is 39.1 Å². The van der Waals surface area contributed by atoms with E-state index in [1.165, 1.54) is 0 Å². The zero-order chi connectivity index (χ0) is 19.2. The second-order valence-electron chi connectivity index (χ2n) is 7.36. The fourth-order valence-corrected chi connectivity index (χ4v) is 2.77. The molecule has 1 aliphatic heterocycles. The summed E-state index contributed by atoms with van der Waals surface area (Å²) in [5.74, 6) is -0.0169. The topological polar surface area (TPSA) is 77.1 Å². The maximum atomic E-state index is 12.2. The number of rotatable bonds is 5. The van der Waals surface area contributed by atoms with Gasteiger partial charge in [0.05, 0.1) is 12.6 Å². The van der Waals surface area contributed by atoms with Gasteiger partial charge in [-0.2, -0.15) is 0 Å². The van der Waals surface area contributed by atoms with E-state index in [0.29, 0.717) is 19.6 Å². The summed E-state index contributed by atoms with van der Waals surface area (Å²) >= 11 is 0. The summed E-state index contributed by atoms with van der Waals surface area (Å²) in [6.45, 7) is 6.98. The summed E-state index contributed by atoms with van der Waals surface area (Å²) in [4.78, 5) is 25.7. The van der Waals surface area contributed by atoms with Crippen LogP contribution in [0.2, 0.25) is 0 Å². The summed E-state index contributed by atoms with van der Waals surface area (Å²) in [6.07, 6.45) is -1.01. The minimum Gasteiger partial charge on any atom is -0.445 e. The highest BCUT2D eigenvalue weighted by atomic mass is 16.6. The van der Waals surface area contributed by atoms with Gasteiger partial charge in [0.15, 0.2) is 0 Å². The molecule has 144 valence electrons. The second-order valence-corrected chi connectivity index (χ2v) is 7.36. The van der Waals surface area contributed by atoms with Gasteiger partial charge in [-0.05, 0) is 26.3 Å². The third-order valence-corrected chi connectivity index (χ3v) is 4.06. The van der Waals surface area contributed by atoms with Crippen LogP contribution in [-0.4, -0.2) is 55.5 Å². The molecule has 1 aromatic rings. The molecule has 1 aromatic carbocycles. The average molecular weight is 364 g/mol. The molecule has 0 aliphatic carbocycles. The third kappa shape index (κ3) is 6.22.